The summed E-state index contributed by atoms with van der Waals surface area (Å²) in [6.07, 6.45) is 2.59. The number of aromatic carboxylic acids is 1. The summed E-state index contributed by atoms with van der Waals surface area (Å²) >= 11 is 3.26. The minimum Gasteiger partial charge on any atom is -0.488 e. The molecule has 98 valence electrons. The van der Waals surface area contributed by atoms with E-state index >= 15 is 0 Å². The van der Waals surface area contributed by atoms with Gasteiger partial charge >= 0.3 is 5.97 Å². The molecule has 0 radical (unpaired) electrons. The lowest BCUT2D eigenvalue weighted by atomic mass is 10.2. The second-order valence-corrected chi connectivity index (χ2v) is 4.60. The smallest absolute Gasteiger partial charge is 0.335 e. The van der Waals surface area contributed by atoms with E-state index in [0.717, 1.165) is 6.20 Å². The highest BCUT2D eigenvalue weighted by Crippen LogP contribution is 2.27. The van der Waals surface area contributed by atoms with Crippen LogP contribution in [0, 0.1) is 5.82 Å². The maximum atomic E-state index is 12.9. The first-order chi connectivity index (χ1) is 9.06. The number of pyridine rings is 1. The molecule has 0 unspecified atom stereocenters. The summed E-state index contributed by atoms with van der Waals surface area (Å²) in [6, 6.07) is 5.76. The van der Waals surface area contributed by atoms with Crippen LogP contribution in [0.15, 0.2) is 41.1 Å². The van der Waals surface area contributed by atoms with Crippen molar-refractivity contribution >= 4 is 21.9 Å². The Morgan fingerprint density at radius 1 is 1.37 bits per heavy atom. The molecular weight excluding hydrogens is 317 g/mol. The Hall–Kier alpha value is -1.95. The number of benzene rings is 1. The van der Waals surface area contributed by atoms with Crippen molar-refractivity contribution in [1.29, 1.82) is 0 Å². The van der Waals surface area contributed by atoms with Gasteiger partial charge in [-0.2, -0.15) is 0 Å². The molecule has 19 heavy (non-hydrogen) atoms. The molecule has 6 heteroatoms. The number of carbonyl (C=O) groups is 1. The zero-order valence-electron chi connectivity index (χ0n) is 9.64. The summed E-state index contributed by atoms with van der Waals surface area (Å²) in [7, 11) is 0. The predicted octanol–water partition coefficient (Wildman–Crippen LogP) is 3.26. The Kier molecular flexibility index (Phi) is 4.11. The van der Waals surface area contributed by atoms with Gasteiger partial charge in [-0.1, -0.05) is 0 Å². The molecule has 1 N–H and O–H groups in total. The first-order valence-electron chi connectivity index (χ1n) is 5.31. The van der Waals surface area contributed by atoms with Crippen LogP contribution in [0.5, 0.6) is 5.75 Å². The van der Waals surface area contributed by atoms with Gasteiger partial charge in [-0.15, -0.1) is 0 Å². The molecule has 0 atom stereocenters. The summed E-state index contributed by atoms with van der Waals surface area (Å²) in [5.74, 6) is -1.10. The van der Waals surface area contributed by atoms with Crippen LogP contribution in [-0.2, 0) is 6.61 Å². The van der Waals surface area contributed by atoms with Crippen LogP contribution in [0.2, 0.25) is 0 Å². The summed E-state index contributed by atoms with van der Waals surface area (Å²) in [5.41, 5.74) is 0.684. The average molecular weight is 326 g/mol. The number of ether oxygens (including phenoxy) is 1. The lowest BCUT2D eigenvalue weighted by Crippen LogP contribution is -2.00. The highest BCUT2D eigenvalue weighted by molar-refractivity contribution is 9.10. The zero-order valence-corrected chi connectivity index (χ0v) is 11.2. The molecule has 1 aromatic heterocycles. The first kappa shape index (κ1) is 13.5. The van der Waals surface area contributed by atoms with E-state index in [1.165, 1.54) is 24.4 Å². The maximum Gasteiger partial charge on any atom is 0.335 e. The van der Waals surface area contributed by atoms with Gasteiger partial charge in [0.05, 0.1) is 16.2 Å². The van der Waals surface area contributed by atoms with Gasteiger partial charge < -0.3 is 9.84 Å². The van der Waals surface area contributed by atoms with E-state index in [9.17, 15) is 9.18 Å². The van der Waals surface area contributed by atoms with Crippen LogP contribution in [0.25, 0.3) is 0 Å². The number of aromatic nitrogens is 1. The van der Waals surface area contributed by atoms with Crippen molar-refractivity contribution in [3.05, 3.63) is 58.1 Å². The van der Waals surface area contributed by atoms with E-state index in [1.54, 1.807) is 6.07 Å². The Morgan fingerprint density at radius 2 is 2.16 bits per heavy atom. The van der Waals surface area contributed by atoms with Gasteiger partial charge in [0.15, 0.2) is 0 Å². The zero-order chi connectivity index (χ0) is 13.8. The van der Waals surface area contributed by atoms with Crippen LogP contribution >= 0.6 is 15.9 Å². The molecule has 0 aliphatic heterocycles. The minimum atomic E-state index is -1.04. The number of nitrogens with zero attached hydrogens (tertiary/aromatic N) is 1. The molecule has 0 saturated heterocycles. The van der Waals surface area contributed by atoms with Crippen LogP contribution in [-0.4, -0.2) is 16.1 Å². The highest BCUT2D eigenvalue weighted by Gasteiger charge is 2.08. The fraction of sp³-hybridized carbons (Fsp3) is 0.0769. The third-order valence-corrected chi connectivity index (χ3v) is 2.99. The fourth-order valence-corrected chi connectivity index (χ4v) is 1.80. The molecule has 2 rings (SSSR count). The van der Waals surface area contributed by atoms with Crippen molar-refractivity contribution in [2.45, 2.75) is 6.61 Å². The van der Waals surface area contributed by atoms with E-state index in [0.29, 0.717) is 15.8 Å². The van der Waals surface area contributed by atoms with E-state index in [-0.39, 0.29) is 12.2 Å². The van der Waals surface area contributed by atoms with Crippen molar-refractivity contribution in [1.82, 2.24) is 4.98 Å². The monoisotopic (exact) mass is 325 g/mol. The topological polar surface area (TPSA) is 59.4 Å². The van der Waals surface area contributed by atoms with Crippen LogP contribution < -0.4 is 4.74 Å². The van der Waals surface area contributed by atoms with E-state index < -0.39 is 11.8 Å². The second kappa shape index (κ2) is 5.79. The summed E-state index contributed by atoms with van der Waals surface area (Å²) in [6.45, 7) is 0.104. The van der Waals surface area contributed by atoms with E-state index in [2.05, 4.69) is 20.9 Å². The third kappa shape index (κ3) is 3.51. The predicted molar refractivity (Wildman–Crippen MR) is 69.6 cm³/mol. The summed E-state index contributed by atoms with van der Waals surface area (Å²) in [4.78, 5) is 14.6. The number of rotatable bonds is 4. The maximum absolute atomic E-state index is 12.9. The standard InChI is InChI=1S/C13H9BrFNO3/c14-11-2-1-9(13(17)18)4-12(11)19-7-8-3-10(15)6-16-5-8/h1-6H,7H2,(H,17,18). The fourth-order valence-electron chi connectivity index (χ4n) is 1.44. The molecular formula is C13H9BrFNO3. The number of carboxylic acid groups (broad SMARTS) is 1. The molecule has 0 aliphatic carbocycles. The highest BCUT2D eigenvalue weighted by atomic mass is 79.9. The molecule has 0 fully saturated rings. The summed E-state index contributed by atoms with van der Waals surface area (Å²) in [5, 5.41) is 8.89. The van der Waals surface area contributed by atoms with Crippen LogP contribution in [0.3, 0.4) is 0 Å². The Morgan fingerprint density at radius 3 is 2.84 bits per heavy atom. The van der Waals surface area contributed by atoms with Crippen molar-refractivity contribution in [2.24, 2.45) is 0 Å². The average Bonchev–Trinajstić information content (AvgIpc) is 2.37. The van der Waals surface area contributed by atoms with E-state index in [1.807, 2.05) is 0 Å². The van der Waals surface area contributed by atoms with Crippen molar-refractivity contribution in [2.75, 3.05) is 0 Å². The SMILES string of the molecule is O=C(O)c1ccc(Br)c(OCc2cncc(F)c2)c1. The molecule has 0 aliphatic rings. The Balaban J connectivity index is 2.15. The van der Waals surface area contributed by atoms with Crippen molar-refractivity contribution < 1.29 is 19.0 Å². The van der Waals surface area contributed by atoms with Crippen LogP contribution in [0.1, 0.15) is 15.9 Å². The Bertz CT molecular complexity index is 619. The van der Waals surface area contributed by atoms with Crippen LogP contribution in [0.4, 0.5) is 4.39 Å². The minimum absolute atomic E-state index is 0.104. The quantitative estimate of drug-likeness (QED) is 0.937. The molecule has 0 spiro atoms. The molecule has 1 aromatic carbocycles. The van der Waals surface area contributed by atoms with Crippen molar-refractivity contribution in [3.63, 3.8) is 0 Å². The first-order valence-corrected chi connectivity index (χ1v) is 6.10. The van der Waals surface area contributed by atoms with Gasteiger partial charge in [0.25, 0.3) is 0 Å². The molecule has 2 aromatic rings. The lowest BCUT2D eigenvalue weighted by Gasteiger charge is -2.09. The van der Waals surface area contributed by atoms with Gasteiger partial charge in [0.1, 0.15) is 18.2 Å². The van der Waals surface area contributed by atoms with Gasteiger partial charge in [-0.05, 0) is 40.2 Å². The van der Waals surface area contributed by atoms with Gasteiger partial charge in [-0.25, -0.2) is 9.18 Å². The summed E-state index contributed by atoms with van der Waals surface area (Å²) < 4.78 is 19.0. The van der Waals surface area contributed by atoms with Gasteiger partial charge in [0, 0.05) is 11.8 Å². The molecule has 0 bridgehead atoms. The number of hydrogen-bond acceptors (Lipinski definition) is 3. The Labute approximate surface area is 117 Å². The lowest BCUT2D eigenvalue weighted by molar-refractivity contribution is 0.0696. The normalized spacial score (nSPS) is 10.2. The number of halogens is 2. The van der Waals surface area contributed by atoms with E-state index in [4.69, 9.17) is 9.84 Å². The van der Waals surface area contributed by atoms with Gasteiger partial charge in [-0.3, -0.25) is 4.98 Å². The van der Waals surface area contributed by atoms with Crippen molar-refractivity contribution in [3.8, 4) is 5.75 Å². The number of carboxylic acids is 1. The molecule has 0 amide bonds. The molecule has 0 saturated carbocycles. The van der Waals surface area contributed by atoms with Gasteiger partial charge in [0.2, 0.25) is 0 Å². The largest absolute Gasteiger partial charge is 0.488 e. The second-order valence-electron chi connectivity index (χ2n) is 3.75. The third-order valence-electron chi connectivity index (χ3n) is 2.33. The molecule has 4 nitrogen and oxygen atoms in total. The molecule has 1 heterocycles. The number of hydrogen-bond donors (Lipinski definition) is 1.